The third-order valence-electron chi connectivity index (χ3n) is 5.71. The molecule has 0 saturated heterocycles. The SMILES string of the molecule is COc1ccc(F)cc1-c1ccc2c(c1COC(=O)c1ccccc1)N(C)C(=O)C(C)(C)N2. The number of ether oxygens (including phenoxy) is 2. The topological polar surface area (TPSA) is 67.9 Å². The number of likely N-dealkylation sites (N-methyl/N-ethyl adjacent to an activating group) is 1. The van der Waals surface area contributed by atoms with E-state index >= 15 is 0 Å². The Morgan fingerprint density at radius 1 is 1.06 bits per heavy atom. The molecule has 0 unspecified atom stereocenters. The Balaban J connectivity index is 1.85. The lowest BCUT2D eigenvalue weighted by Crippen LogP contribution is -2.52. The van der Waals surface area contributed by atoms with Gasteiger partial charge in [0.2, 0.25) is 0 Å². The molecule has 0 bridgehead atoms. The van der Waals surface area contributed by atoms with E-state index < -0.39 is 17.3 Å². The Bertz CT molecular complexity index is 1220. The molecule has 33 heavy (non-hydrogen) atoms. The highest BCUT2D eigenvalue weighted by Crippen LogP contribution is 2.44. The maximum absolute atomic E-state index is 14.2. The number of halogens is 1. The molecule has 0 fully saturated rings. The van der Waals surface area contributed by atoms with E-state index in [2.05, 4.69) is 5.32 Å². The molecule has 0 atom stereocenters. The Morgan fingerprint density at radius 3 is 2.48 bits per heavy atom. The quantitative estimate of drug-likeness (QED) is 0.555. The molecule has 1 amide bonds. The molecule has 6 nitrogen and oxygen atoms in total. The fourth-order valence-electron chi connectivity index (χ4n) is 4.12. The fraction of sp³-hybridized carbons (Fsp3) is 0.231. The number of benzene rings is 3. The zero-order valence-electron chi connectivity index (χ0n) is 18.9. The van der Waals surface area contributed by atoms with Crippen molar-refractivity contribution in [3.8, 4) is 16.9 Å². The molecule has 1 aliphatic rings. The monoisotopic (exact) mass is 448 g/mol. The lowest BCUT2D eigenvalue weighted by atomic mass is 9.92. The standard InChI is InChI=1S/C26H25FN2O4/c1-26(2)25(31)29(3)23-20(15-33-24(30)16-8-6-5-7-9-16)18(11-12-21(23)28-26)19-14-17(27)10-13-22(19)32-4/h5-14,28H,15H2,1-4H3. The molecule has 1 N–H and O–H groups in total. The van der Waals surface area contributed by atoms with Crippen molar-refractivity contribution in [3.63, 3.8) is 0 Å². The summed E-state index contributed by atoms with van der Waals surface area (Å²) in [6.07, 6.45) is 0. The number of fused-ring (bicyclic) bond motifs is 1. The highest BCUT2D eigenvalue weighted by Gasteiger charge is 2.38. The van der Waals surface area contributed by atoms with Crippen molar-refractivity contribution in [2.24, 2.45) is 0 Å². The van der Waals surface area contributed by atoms with Gasteiger partial charge in [0.15, 0.2) is 0 Å². The summed E-state index contributed by atoms with van der Waals surface area (Å²) in [6, 6.07) is 16.5. The van der Waals surface area contributed by atoms with E-state index in [9.17, 15) is 14.0 Å². The molecule has 0 spiro atoms. The number of amides is 1. The largest absolute Gasteiger partial charge is 0.496 e. The molecule has 7 heteroatoms. The van der Waals surface area contributed by atoms with Gasteiger partial charge in [-0.15, -0.1) is 0 Å². The number of rotatable bonds is 5. The first kappa shape index (κ1) is 22.3. The van der Waals surface area contributed by atoms with Gasteiger partial charge in [0.25, 0.3) is 5.91 Å². The van der Waals surface area contributed by atoms with Crippen molar-refractivity contribution in [1.29, 1.82) is 0 Å². The zero-order chi connectivity index (χ0) is 23.8. The van der Waals surface area contributed by atoms with Crippen molar-refractivity contribution in [1.82, 2.24) is 0 Å². The highest BCUT2D eigenvalue weighted by atomic mass is 19.1. The molecular weight excluding hydrogens is 423 g/mol. The molecule has 4 rings (SSSR count). The maximum Gasteiger partial charge on any atom is 0.338 e. The summed E-state index contributed by atoms with van der Waals surface area (Å²) in [6.45, 7) is 3.48. The summed E-state index contributed by atoms with van der Waals surface area (Å²) in [4.78, 5) is 27.2. The van der Waals surface area contributed by atoms with Gasteiger partial charge >= 0.3 is 5.97 Å². The van der Waals surface area contributed by atoms with Crippen LogP contribution < -0.4 is 15.0 Å². The lowest BCUT2D eigenvalue weighted by molar-refractivity contribution is -0.121. The Kier molecular flexibility index (Phi) is 5.80. The maximum atomic E-state index is 14.2. The molecule has 1 heterocycles. The van der Waals surface area contributed by atoms with Crippen LogP contribution in [0, 0.1) is 5.82 Å². The molecule has 170 valence electrons. The van der Waals surface area contributed by atoms with Crippen LogP contribution in [0.5, 0.6) is 5.75 Å². The summed E-state index contributed by atoms with van der Waals surface area (Å²) >= 11 is 0. The van der Waals surface area contributed by atoms with E-state index in [-0.39, 0.29) is 12.5 Å². The van der Waals surface area contributed by atoms with E-state index in [1.54, 1.807) is 56.1 Å². The molecule has 0 radical (unpaired) electrons. The smallest absolute Gasteiger partial charge is 0.338 e. The molecule has 3 aromatic carbocycles. The van der Waals surface area contributed by atoms with Gasteiger partial charge in [-0.3, -0.25) is 4.79 Å². The Labute approximate surface area is 191 Å². The highest BCUT2D eigenvalue weighted by molar-refractivity contribution is 6.09. The average molecular weight is 448 g/mol. The second-order valence-corrected chi connectivity index (χ2v) is 8.39. The van der Waals surface area contributed by atoms with Gasteiger partial charge in [-0.2, -0.15) is 0 Å². The fourth-order valence-corrected chi connectivity index (χ4v) is 4.12. The van der Waals surface area contributed by atoms with E-state index in [0.717, 1.165) is 0 Å². The van der Waals surface area contributed by atoms with Gasteiger partial charge in [0.05, 0.1) is 24.0 Å². The first-order valence-electron chi connectivity index (χ1n) is 10.5. The minimum Gasteiger partial charge on any atom is -0.496 e. The Hall–Kier alpha value is -3.87. The van der Waals surface area contributed by atoms with E-state index in [0.29, 0.717) is 39.4 Å². The molecule has 0 aliphatic carbocycles. The number of carbonyl (C=O) groups excluding carboxylic acids is 2. The number of nitrogens with one attached hydrogen (secondary N) is 1. The van der Waals surface area contributed by atoms with Gasteiger partial charge in [0.1, 0.15) is 23.7 Å². The molecule has 1 aliphatic heterocycles. The normalized spacial score (nSPS) is 14.3. The van der Waals surface area contributed by atoms with Crippen molar-refractivity contribution in [2.75, 3.05) is 24.4 Å². The minimum absolute atomic E-state index is 0.119. The second kappa shape index (κ2) is 8.58. The molecular formula is C26H25FN2O4. The van der Waals surface area contributed by atoms with Gasteiger partial charge in [-0.1, -0.05) is 24.3 Å². The van der Waals surface area contributed by atoms with Crippen molar-refractivity contribution < 1.29 is 23.5 Å². The van der Waals surface area contributed by atoms with Crippen LogP contribution >= 0.6 is 0 Å². The third kappa shape index (κ3) is 4.14. The van der Waals surface area contributed by atoms with E-state index in [1.165, 1.54) is 19.2 Å². The number of anilines is 2. The molecule has 3 aromatic rings. The predicted molar refractivity (Wildman–Crippen MR) is 125 cm³/mol. The third-order valence-corrected chi connectivity index (χ3v) is 5.71. The summed E-state index contributed by atoms with van der Waals surface area (Å²) in [5.41, 5.74) is 2.56. The molecule has 0 saturated carbocycles. The Morgan fingerprint density at radius 2 is 1.79 bits per heavy atom. The first-order valence-corrected chi connectivity index (χ1v) is 10.5. The average Bonchev–Trinajstić information content (AvgIpc) is 2.81. The van der Waals surface area contributed by atoms with Gasteiger partial charge in [-0.25, -0.2) is 9.18 Å². The lowest BCUT2D eigenvalue weighted by Gasteiger charge is -2.39. The van der Waals surface area contributed by atoms with Crippen LogP contribution in [-0.4, -0.2) is 31.6 Å². The van der Waals surface area contributed by atoms with Crippen LogP contribution in [0.3, 0.4) is 0 Å². The van der Waals surface area contributed by atoms with Crippen LogP contribution in [0.2, 0.25) is 0 Å². The summed E-state index contributed by atoms with van der Waals surface area (Å²) in [5, 5.41) is 3.26. The van der Waals surface area contributed by atoms with Crippen LogP contribution in [-0.2, 0) is 16.1 Å². The van der Waals surface area contributed by atoms with E-state index in [4.69, 9.17) is 9.47 Å². The van der Waals surface area contributed by atoms with Crippen LogP contribution in [0.25, 0.3) is 11.1 Å². The number of methoxy groups -OCH3 is 1. The van der Waals surface area contributed by atoms with Crippen LogP contribution in [0.15, 0.2) is 60.7 Å². The van der Waals surface area contributed by atoms with Crippen molar-refractivity contribution >= 4 is 23.3 Å². The number of hydrogen-bond donors (Lipinski definition) is 1. The summed E-state index contributed by atoms with van der Waals surface area (Å²) < 4.78 is 25.3. The van der Waals surface area contributed by atoms with Gasteiger partial charge < -0.3 is 19.7 Å². The number of hydrogen-bond acceptors (Lipinski definition) is 5. The van der Waals surface area contributed by atoms with Crippen molar-refractivity contribution in [3.05, 3.63) is 77.6 Å². The van der Waals surface area contributed by atoms with Crippen molar-refractivity contribution in [2.45, 2.75) is 26.0 Å². The predicted octanol–water partition coefficient (Wildman–Crippen LogP) is 5.03. The van der Waals surface area contributed by atoms with Gasteiger partial charge in [-0.05, 0) is 55.8 Å². The second-order valence-electron chi connectivity index (χ2n) is 8.39. The number of nitrogens with zero attached hydrogens (tertiary/aromatic N) is 1. The number of carbonyl (C=O) groups is 2. The van der Waals surface area contributed by atoms with E-state index in [1.807, 2.05) is 18.2 Å². The number of esters is 1. The summed E-state index contributed by atoms with van der Waals surface area (Å²) in [5.74, 6) is -0.609. The van der Waals surface area contributed by atoms with Crippen LogP contribution in [0.4, 0.5) is 15.8 Å². The zero-order valence-corrected chi connectivity index (χ0v) is 18.9. The summed E-state index contributed by atoms with van der Waals surface area (Å²) in [7, 11) is 3.18. The van der Waals surface area contributed by atoms with Crippen LogP contribution in [0.1, 0.15) is 29.8 Å². The first-order chi connectivity index (χ1) is 15.7. The molecule has 0 aromatic heterocycles. The minimum atomic E-state index is -0.808. The van der Waals surface area contributed by atoms with Gasteiger partial charge in [0, 0.05) is 18.2 Å².